The van der Waals surface area contributed by atoms with E-state index >= 15 is 0 Å². The summed E-state index contributed by atoms with van der Waals surface area (Å²) in [6.45, 7) is 1.63. The molecule has 1 spiro atoms. The van der Waals surface area contributed by atoms with Gasteiger partial charge in [0.2, 0.25) is 17.7 Å². The third-order valence-electron chi connectivity index (χ3n) is 10.00. The van der Waals surface area contributed by atoms with Crippen LogP contribution in [0, 0.1) is 11.8 Å². The summed E-state index contributed by atoms with van der Waals surface area (Å²) >= 11 is 0. The van der Waals surface area contributed by atoms with Gasteiger partial charge in [-0.05, 0) is 61.9 Å². The van der Waals surface area contributed by atoms with Crippen molar-refractivity contribution in [2.45, 2.75) is 62.4 Å². The standard InChI is InChI=1S/C38H42N4O5/c1-41(25-26-11-5-2-6-12-26)23-24-42-34(36(44)40-27-13-7-3-8-14-27)38-22-21-31(47-38)32(33(38)37(42)45)35(43)39-28-17-19-30(20-18-28)46-29-15-9-4-10-16-29/h2,4-6,9-12,15-22,27,31-34H,3,7-8,13-14,23-25H2,1H3,(H,39,43)(H,40,44)/t31-,32?,33-,34?,38?/m1/s1. The molecule has 5 atom stereocenters. The van der Waals surface area contributed by atoms with Crippen molar-refractivity contribution in [1.82, 2.24) is 15.1 Å². The number of likely N-dealkylation sites (tertiary alicyclic amines) is 1. The Kier molecular flexibility index (Phi) is 8.84. The van der Waals surface area contributed by atoms with E-state index in [1.54, 1.807) is 29.2 Å². The summed E-state index contributed by atoms with van der Waals surface area (Å²) in [6.07, 6.45) is 8.34. The fraction of sp³-hybridized carbons (Fsp3) is 0.395. The third-order valence-corrected chi connectivity index (χ3v) is 10.00. The molecule has 244 valence electrons. The second-order valence-electron chi connectivity index (χ2n) is 13.2. The van der Waals surface area contributed by atoms with Crippen LogP contribution >= 0.6 is 0 Å². The van der Waals surface area contributed by atoms with Gasteiger partial charge in [0.05, 0.1) is 17.9 Å². The Bertz CT molecular complexity index is 1610. The van der Waals surface area contributed by atoms with E-state index < -0.39 is 29.6 Å². The molecule has 4 aliphatic rings. The van der Waals surface area contributed by atoms with Gasteiger partial charge >= 0.3 is 0 Å². The molecule has 3 fully saturated rings. The first-order valence-electron chi connectivity index (χ1n) is 16.8. The topological polar surface area (TPSA) is 100 Å². The molecular formula is C38H42N4O5. The van der Waals surface area contributed by atoms with E-state index in [4.69, 9.17) is 9.47 Å². The molecule has 3 heterocycles. The highest BCUT2D eigenvalue weighted by molar-refractivity contribution is 6.02. The van der Waals surface area contributed by atoms with E-state index in [0.717, 1.165) is 38.0 Å². The number of hydrogen-bond donors (Lipinski definition) is 2. The lowest BCUT2D eigenvalue weighted by Crippen LogP contribution is -2.57. The van der Waals surface area contributed by atoms with Crippen LogP contribution in [0.5, 0.6) is 11.5 Å². The highest BCUT2D eigenvalue weighted by Gasteiger charge is 2.72. The molecule has 3 aromatic carbocycles. The Morgan fingerprint density at radius 3 is 2.32 bits per heavy atom. The largest absolute Gasteiger partial charge is 0.457 e. The molecule has 47 heavy (non-hydrogen) atoms. The number of benzene rings is 3. The van der Waals surface area contributed by atoms with Crippen LogP contribution in [-0.4, -0.2) is 71.4 Å². The Labute approximate surface area is 275 Å². The summed E-state index contributed by atoms with van der Waals surface area (Å²) in [5, 5.41) is 6.27. The maximum Gasteiger partial charge on any atom is 0.246 e. The molecule has 3 aliphatic heterocycles. The number of ether oxygens (including phenoxy) is 2. The first-order chi connectivity index (χ1) is 22.9. The van der Waals surface area contributed by atoms with Crippen LogP contribution in [0.2, 0.25) is 0 Å². The van der Waals surface area contributed by atoms with Crippen LogP contribution in [0.15, 0.2) is 97.1 Å². The first kappa shape index (κ1) is 31.1. The van der Waals surface area contributed by atoms with E-state index in [1.807, 2.05) is 67.7 Å². The van der Waals surface area contributed by atoms with Gasteiger partial charge in [-0.3, -0.25) is 14.4 Å². The van der Waals surface area contributed by atoms with Gasteiger partial charge in [0.25, 0.3) is 0 Å². The van der Waals surface area contributed by atoms with Gasteiger partial charge in [-0.25, -0.2) is 0 Å². The number of rotatable bonds is 11. The summed E-state index contributed by atoms with van der Waals surface area (Å²) in [4.78, 5) is 46.2. The third kappa shape index (κ3) is 6.30. The molecule has 2 N–H and O–H groups in total. The highest BCUT2D eigenvalue weighted by Crippen LogP contribution is 2.55. The maximum absolute atomic E-state index is 14.4. The predicted molar refractivity (Wildman–Crippen MR) is 179 cm³/mol. The molecule has 3 unspecified atom stereocenters. The van der Waals surface area contributed by atoms with E-state index in [9.17, 15) is 14.4 Å². The quantitative estimate of drug-likeness (QED) is 0.283. The predicted octanol–water partition coefficient (Wildman–Crippen LogP) is 5.15. The molecule has 7 rings (SSSR count). The molecule has 9 nitrogen and oxygen atoms in total. The van der Waals surface area contributed by atoms with Crippen molar-refractivity contribution in [3.63, 3.8) is 0 Å². The molecule has 3 amide bonds. The molecule has 9 heteroatoms. The number of likely N-dealkylation sites (N-methyl/N-ethyl adjacent to an activating group) is 1. The minimum Gasteiger partial charge on any atom is -0.457 e. The maximum atomic E-state index is 14.4. The minimum absolute atomic E-state index is 0.0833. The number of hydrogen-bond acceptors (Lipinski definition) is 6. The van der Waals surface area contributed by atoms with Crippen molar-refractivity contribution < 1.29 is 23.9 Å². The number of fused-ring (bicyclic) bond motifs is 1. The normalized spacial score (nSPS) is 26.4. The zero-order valence-corrected chi connectivity index (χ0v) is 26.7. The average molecular weight is 635 g/mol. The lowest BCUT2D eigenvalue weighted by molar-refractivity contribution is -0.141. The van der Waals surface area contributed by atoms with Gasteiger partial charge in [-0.2, -0.15) is 0 Å². The van der Waals surface area contributed by atoms with Crippen molar-refractivity contribution in [3.05, 3.63) is 103 Å². The van der Waals surface area contributed by atoms with E-state index in [1.165, 1.54) is 12.0 Å². The average Bonchev–Trinajstić information content (AvgIpc) is 3.73. The van der Waals surface area contributed by atoms with Crippen molar-refractivity contribution in [2.24, 2.45) is 11.8 Å². The summed E-state index contributed by atoms with van der Waals surface area (Å²) < 4.78 is 12.4. The van der Waals surface area contributed by atoms with Gasteiger partial charge in [0, 0.05) is 31.4 Å². The number of para-hydroxylation sites is 1. The number of amides is 3. The Hall–Kier alpha value is -4.47. The fourth-order valence-electron chi connectivity index (χ4n) is 7.74. The first-order valence-corrected chi connectivity index (χ1v) is 16.8. The van der Waals surface area contributed by atoms with Crippen LogP contribution in [0.25, 0.3) is 0 Å². The lowest BCUT2D eigenvalue weighted by Gasteiger charge is -2.34. The van der Waals surface area contributed by atoms with Gasteiger partial charge in [-0.15, -0.1) is 0 Å². The number of nitrogens with one attached hydrogen (secondary N) is 2. The summed E-state index contributed by atoms with van der Waals surface area (Å²) in [6, 6.07) is 26.0. The minimum atomic E-state index is -1.19. The van der Waals surface area contributed by atoms with Crippen LogP contribution in [0.4, 0.5) is 5.69 Å². The van der Waals surface area contributed by atoms with Crippen LogP contribution in [-0.2, 0) is 25.7 Å². The van der Waals surface area contributed by atoms with E-state index in [-0.39, 0.29) is 23.8 Å². The summed E-state index contributed by atoms with van der Waals surface area (Å²) in [5.41, 5.74) is 0.576. The Morgan fingerprint density at radius 1 is 0.915 bits per heavy atom. The second-order valence-corrected chi connectivity index (χ2v) is 13.2. The summed E-state index contributed by atoms with van der Waals surface area (Å²) in [7, 11) is 2.01. The van der Waals surface area contributed by atoms with Gasteiger partial charge in [0.1, 0.15) is 23.1 Å². The van der Waals surface area contributed by atoms with E-state index in [0.29, 0.717) is 24.5 Å². The number of carbonyl (C=O) groups excluding carboxylic acids is 3. The SMILES string of the molecule is CN(CCN1C(=O)[C@H]2C(C(=O)Nc3ccc(Oc4ccccc4)cc3)[C@H]3C=CC2(O3)C1C(=O)NC1CCCCC1)Cc1ccccc1. The molecule has 2 saturated heterocycles. The Morgan fingerprint density at radius 2 is 1.60 bits per heavy atom. The second kappa shape index (κ2) is 13.3. The van der Waals surface area contributed by atoms with Crippen molar-refractivity contribution in [3.8, 4) is 11.5 Å². The molecule has 3 aromatic rings. The van der Waals surface area contributed by atoms with E-state index in [2.05, 4.69) is 27.7 Å². The van der Waals surface area contributed by atoms with Crippen molar-refractivity contribution in [1.29, 1.82) is 0 Å². The lowest BCUT2D eigenvalue weighted by atomic mass is 9.74. The highest BCUT2D eigenvalue weighted by atomic mass is 16.5. The smallest absolute Gasteiger partial charge is 0.246 e. The number of nitrogens with zero attached hydrogens (tertiary/aromatic N) is 2. The van der Waals surface area contributed by atoms with Crippen molar-refractivity contribution >= 4 is 23.4 Å². The van der Waals surface area contributed by atoms with Crippen LogP contribution < -0.4 is 15.4 Å². The molecule has 1 aliphatic carbocycles. The number of anilines is 1. The zero-order valence-electron chi connectivity index (χ0n) is 26.7. The number of carbonyl (C=O) groups is 3. The molecule has 0 radical (unpaired) electrons. The molecular weight excluding hydrogens is 592 g/mol. The molecule has 2 bridgehead atoms. The zero-order chi connectivity index (χ0) is 32.4. The van der Waals surface area contributed by atoms with Crippen LogP contribution in [0.1, 0.15) is 37.7 Å². The molecule has 0 aromatic heterocycles. The summed E-state index contributed by atoms with van der Waals surface area (Å²) in [5.74, 6) is -0.891. The van der Waals surface area contributed by atoms with Gasteiger partial charge in [-0.1, -0.05) is 79.9 Å². The van der Waals surface area contributed by atoms with Gasteiger partial charge in [0.15, 0.2) is 0 Å². The fourth-order valence-corrected chi connectivity index (χ4v) is 7.74. The monoisotopic (exact) mass is 634 g/mol. The Balaban J connectivity index is 1.09. The van der Waals surface area contributed by atoms with Crippen LogP contribution in [0.3, 0.4) is 0 Å². The molecule has 1 saturated carbocycles. The van der Waals surface area contributed by atoms with Gasteiger partial charge < -0.3 is 29.9 Å². The van der Waals surface area contributed by atoms with Crippen molar-refractivity contribution in [2.75, 3.05) is 25.5 Å².